The van der Waals surface area contributed by atoms with Crippen LogP contribution in [0, 0.1) is 0 Å². The van der Waals surface area contributed by atoms with Crippen LogP contribution in [0.1, 0.15) is 31.3 Å². The summed E-state index contributed by atoms with van der Waals surface area (Å²) in [5.41, 5.74) is 1.16. The van der Waals surface area contributed by atoms with Gasteiger partial charge in [-0.15, -0.1) is 11.3 Å². The summed E-state index contributed by atoms with van der Waals surface area (Å²) in [6.45, 7) is 8.93. The molecule has 0 aliphatic rings. The molecule has 0 radical (unpaired) electrons. The first-order chi connectivity index (χ1) is 6.24. The van der Waals surface area contributed by atoms with Crippen LogP contribution in [-0.4, -0.2) is 11.5 Å². The van der Waals surface area contributed by atoms with Crippen LogP contribution in [0.3, 0.4) is 0 Å². The van der Waals surface area contributed by atoms with Crippen molar-refractivity contribution >= 4 is 11.3 Å². The molecule has 0 spiro atoms. The van der Waals surface area contributed by atoms with Crippen molar-refractivity contribution in [2.45, 2.75) is 26.3 Å². The van der Waals surface area contributed by atoms with Gasteiger partial charge < -0.3 is 5.32 Å². The largest absolute Gasteiger partial charge is 0.304 e. The fourth-order valence-corrected chi connectivity index (χ4v) is 1.91. The smallest absolute Gasteiger partial charge is 0.109 e. The SMILES string of the molecule is C=C(C)CNC(CC)c1nccs1. The van der Waals surface area contributed by atoms with Gasteiger partial charge in [0.25, 0.3) is 0 Å². The summed E-state index contributed by atoms with van der Waals surface area (Å²) in [7, 11) is 0. The molecule has 1 aromatic heterocycles. The lowest BCUT2D eigenvalue weighted by atomic mass is 10.2. The van der Waals surface area contributed by atoms with Crippen LogP contribution < -0.4 is 5.32 Å². The lowest BCUT2D eigenvalue weighted by Crippen LogP contribution is -2.22. The number of nitrogens with one attached hydrogen (secondary N) is 1. The van der Waals surface area contributed by atoms with Crippen LogP contribution >= 0.6 is 11.3 Å². The van der Waals surface area contributed by atoms with Crippen LogP contribution in [0.4, 0.5) is 0 Å². The molecule has 0 amide bonds. The third-order valence-corrected chi connectivity index (χ3v) is 2.70. The zero-order valence-corrected chi connectivity index (χ0v) is 9.03. The average molecular weight is 196 g/mol. The van der Waals surface area contributed by atoms with E-state index in [9.17, 15) is 0 Å². The third-order valence-electron chi connectivity index (χ3n) is 1.81. The Kier molecular flexibility index (Phi) is 4.12. The van der Waals surface area contributed by atoms with Crippen molar-refractivity contribution < 1.29 is 0 Å². The molecule has 0 saturated carbocycles. The molecular formula is C10H16N2S. The Balaban J connectivity index is 2.49. The fraction of sp³-hybridized carbons (Fsp3) is 0.500. The molecule has 1 heterocycles. The Labute approximate surface area is 83.7 Å². The summed E-state index contributed by atoms with van der Waals surface area (Å²) in [5, 5.41) is 6.60. The van der Waals surface area contributed by atoms with Crippen molar-refractivity contribution in [3.63, 3.8) is 0 Å². The molecule has 1 atom stereocenters. The average Bonchev–Trinajstić information content (AvgIpc) is 2.58. The fourth-order valence-electron chi connectivity index (χ4n) is 1.11. The van der Waals surface area contributed by atoms with Crippen molar-refractivity contribution in [2.24, 2.45) is 0 Å². The molecule has 13 heavy (non-hydrogen) atoms. The van der Waals surface area contributed by atoms with Gasteiger partial charge in [-0.1, -0.05) is 19.1 Å². The summed E-state index contributed by atoms with van der Waals surface area (Å²) in [6.07, 6.45) is 2.92. The first-order valence-electron chi connectivity index (χ1n) is 4.51. The molecule has 1 N–H and O–H groups in total. The lowest BCUT2D eigenvalue weighted by molar-refractivity contribution is 0.542. The van der Waals surface area contributed by atoms with E-state index in [1.807, 2.05) is 18.5 Å². The molecule has 0 saturated heterocycles. The minimum absolute atomic E-state index is 0.386. The molecule has 0 bridgehead atoms. The minimum Gasteiger partial charge on any atom is -0.304 e. The van der Waals surface area contributed by atoms with Crippen molar-refractivity contribution in [3.05, 3.63) is 28.7 Å². The number of hydrogen-bond acceptors (Lipinski definition) is 3. The summed E-state index contributed by atoms with van der Waals surface area (Å²) < 4.78 is 0. The molecule has 2 nitrogen and oxygen atoms in total. The van der Waals surface area contributed by atoms with Crippen molar-refractivity contribution in [1.82, 2.24) is 10.3 Å². The third kappa shape index (κ3) is 3.28. The summed E-state index contributed by atoms with van der Waals surface area (Å²) in [4.78, 5) is 4.29. The van der Waals surface area contributed by atoms with Crippen molar-refractivity contribution in [1.29, 1.82) is 0 Å². The molecule has 0 aliphatic carbocycles. The van der Waals surface area contributed by atoms with Crippen LogP contribution in [0.5, 0.6) is 0 Å². The van der Waals surface area contributed by atoms with E-state index in [0.717, 1.165) is 18.5 Å². The van der Waals surface area contributed by atoms with Crippen molar-refractivity contribution in [3.8, 4) is 0 Å². The van der Waals surface area contributed by atoms with Crippen LogP contribution in [0.2, 0.25) is 0 Å². The Bertz CT molecular complexity index is 254. The number of aromatic nitrogens is 1. The molecule has 0 aromatic carbocycles. The van der Waals surface area contributed by atoms with E-state index in [4.69, 9.17) is 0 Å². The summed E-state index contributed by atoms with van der Waals surface area (Å²) >= 11 is 1.70. The summed E-state index contributed by atoms with van der Waals surface area (Å²) in [5.74, 6) is 0. The van der Waals surface area contributed by atoms with E-state index in [1.54, 1.807) is 11.3 Å². The van der Waals surface area contributed by atoms with Gasteiger partial charge in [-0.2, -0.15) is 0 Å². The maximum absolute atomic E-state index is 4.29. The molecular weight excluding hydrogens is 180 g/mol. The van der Waals surface area contributed by atoms with Gasteiger partial charge in [0.15, 0.2) is 0 Å². The second kappa shape index (κ2) is 5.14. The zero-order valence-electron chi connectivity index (χ0n) is 8.21. The maximum Gasteiger partial charge on any atom is 0.109 e. The van der Waals surface area contributed by atoms with Gasteiger partial charge in [0.2, 0.25) is 0 Å². The van der Waals surface area contributed by atoms with Gasteiger partial charge in [-0.25, -0.2) is 4.98 Å². The highest BCUT2D eigenvalue weighted by molar-refractivity contribution is 7.09. The predicted octanol–water partition coefficient (Wildman–Crippen LogP) is 2.76. The molecule has 3 heteroatoms. The van der Waals surface area contributed by atoms with Crippen LogP contribution in [-0.2, 0) is 0 Å². The molecule has 1 rings (SSSR count). The minimum atomic E-state index is 0.386. The predicted molar refractivity (Wildman–Crippen MR) is 58.0 cm³/mol. The maximum atomic E-state index is 4.29. The van der Waals surface area contributed by atoms with Gasteiger partial charge in [-0.3, -0.25) is 0 Å². The van der Waals surface area contributed by atoms with Gasteiger partial charge in [0.05, 0.1) is 6.04 Å². The highest BCUT2D eigenvalue weighted by atomic mass is 32.1. The quantitative estimate of drug-likeness (QED) is 0.732. The normalized spacial score (nSPS) is 12.8. The van der Waals surface area contributed by atoms with Crippen LogP contribution in [0.25, 0.3) is 0 Å². The van der Waals surface area contributed by atoms with E-state index in [-0.39, 0.29) is 0 Å². The van der Waals surface area contributed by atoms with Gasteiger partial charge in [0, 0.05) is 18.1 Å². The number of thiazole rings is 1. The summed E-state index contributed by atoms with van der Waals surface area (Å²) in [6, 6.07) is 0.386. The number of rotatable bonds is 5. The molecule has 1 unspecified atom stereocenters. The van der Waals surface area contributed by atoms with E-state index in [1.165, 1.54) is 5.01 Å². The monoisotopic (exact) mass is 196 g/mol. The molecule has 0 aliphatic heterocycles. The van der Waals surface area contributed by atoms with E-state index < -0.39 is 0 Å². The van der Waals surface area contributed by atoms with Crippen LogP contribution in [0.15, 0.2) is 23.7 Å². The molecule has 1 aromatic rings. The second-order valence-electron chi connectivity index (χ2n) is 3.17. The number of nitrogens with zero attached hydrogens (tertiary/aromatic N) is 1. The standard InChI is InChI=1S/C10H16N2S/c1-4-9(12-7-8(2)3)10-11-5-6-13-10/h5-6,9,12H,2,4,7H2,1,3H3. The van der Waals surface area contributed by atoms with E-state index in [0.29, 0.717) is 6.04 Å². The first kappa shape index (κ1) is 10.4. The van der Waals surface area contributed by atoms with Gasteiger partial charge in [-0.05, 0) is 13.3 Å². The first-order valence-corrected chi connectivity index (χ1v) is 5.39. The van der Waals surface area contributed by atoms with Crippen molar-refractivity contribution in [2.75, 3.05) is 6.54 Å². The Morgan fingerprint density at radius 3 is 3.00 bits per heavy atom. The van der Waals surface area contributed by atoms with E-state index in [2.05, 4.69) is 23.8 Å². The van der Waals surface area contributed by atoms with Gasteiger partial charge in [0.1, 0.15) is 5.01 Å². The Morgan fingerprint density at radius 2 is 2.54 bits per heavy atom. The Morgan fingerprint density at radius 1 is 1.77 bits per heavy atom. The molecule has 72 valence electrons. The van der Waals surface area contributed by atoms with Gasteiger partial charge >= 0.3 is 0 Å². The highest BCUT2D eigenvalue weighted by Gasteiger charge is 2.09. The molecule has 0 fully saturated rings. The number of hydrogen-bond donors (Lipinski definition) is 1. The topological polar surface area (TPSA) is 24.9 Å². The Hall–Kier alpha value is -0.670. The zero-order chi connectivity index (χ0) is 9.68. The highest BCUT2D eigenvalue weighted by Crippen LogP contribution is 2.18. The van der Waals surface area contributed by atoms with E-state index >= 15 is 0 Å². The lowest BCUT2D eigenvalue weighted by Gasteiger charge is -2.13. The second-order valence-corrected chi connectivity index (χ2v) is 4.10.